The zero-order valence-corrected chi connectivity index (χ0v) is 9.81. The summed E-state index contributed by atoms with van der Waals surface area (Å²) in [6.45, 7) is 8.66. The zero-order chi connectivity index (χ0) is 9.98. The van der Waals surface area contributed by atoms with Gasteiger partial charge in [0.25, 0.3) is 0 Å². The van der Waals surface area contributed by atoms with E-state index in [9.17, 15) is 9.59 Å². The van der Waals surface area contributed by atoms with Crippen molar-refractivity contribution in [3.8, 4) is 0 Å². The van der Waals surface area contributed by atoms with Gasteiger partial charge in [-0.1, -0.05) is 19.8 Å². The molecule has 0 atom stereocenters. The summed E-state index contributed by atoms with van der Waals surface area (Å²) in [5, 5.41) is 0. The topological polar surface area (TPSA) is 34.1 Å². The molecule has 0 heterocycles. The Morgan fingerprint density at radius 2 is 1.54 bits per heavy atom. The minimum Gasteiger partial charge on any atom is -0.343 e. The predicted octanol–water partition coefficient (Wildman–Crippen LogP) is 2.56. The van der Waals surface area contributed by atoms with Crippen LogP contribution in [0.1, 0.15) is 46.5 Å². The van der Waals surface area contributed by atoms with Gasteiger partial charge in [-0.15, -0.1) is 0 Å². The van der Waals surface area contributed by atoms with Crippen LogP contribution in [0.3, 0.4) is 0 Å². The zero-order valence-electron chi connectivity index (χ0n) is 8.71. The van der Waals surface area contributed by atoms with Gasteiger partial charge < -0.3 is 6.92 Å². The van der Waals surface area contributed by atoms with Crippen LogP contribution >= 0.6 is 0 Å². The van der Waals surface area contributed by atoms with E-state index in [1.807, 2.05) is 0 Å². The Bertz CT molecular complexity index is 119. The molecule has 0 amide bonds. The molecule has 13 heavy (non-hydrogen) atoms. The van der Waals surface area contributed by atoms with Crippen molar-refractivity contribution in [1.29, 1.82) is 0 Å². The Labute approximate surface area is 91.9 Å². The van der Waals surface area contributed by atoms with Gasteiger partial charge in [-0.2, -0.15) is 6.42 Å². The third kappa shape index (κ3) is 33.6. The van der Waals surface area contributed by atoms with E-state index in [1.54, 1.807) is 0 Å². The number of carbonyl (C=O) groups is 2. The molecule has 0 aliphatic heterocycles. The Hall–Kier alpha value is -0.141. The van der Waals surface area contributed by atoms with E-state index in [1.165, 1.54) is 26.7 Å². The predicted molar refractivity (Wildman–Crippen MR) is 50.9 cm³/mol. The van der Waals surface area contributed by atoms with Gasteiger partial charge in [0.05, 0.1) is 6.42 Å². The molecule has 0 aromatic heterocycles. The molecule has 0 spiro atoms. The van der Waals surface area contributed by atoms with Gasteiger partial charge in [-0.3, -0.25) is 9.59 Å². The van der Waals surface area contributed by atoms with Gasteiger partial charge in [-0.05, 0) is 13.8 Å². The first-order valence-corrected chi connectivity index (χ1v) is 4.32. The molecule has 0 aliphatic rings. The van der Waals surface area contributed by atoms with Crippen molar-refractivity contribution >= 4 is 11.6 Å². The summed E-state index contributed by atoms with van der Waals surface area (Å²) >= 11 is 0. The Morgan fingerprint density at radius 3 is 1.54 bits per heavy atom. The maximum atomic E-state index is 10.0. The fourth-order valence-corrected chi connectivity index (χ4v) is 0.601. The number of hydrogen-bond donors (Lipinski definition) is 0. The molecule has 0 aromatic carbocycles. The van der Waals surface area contributed by atoms with E-state index < -0.39 is 0 Å². The van der Waals surface area contributed by atoms with Crippen molar-refractivity contribution in [2.24, 2.45) is 0 Å². The molecule has 0 saturated carbocycles. The molecule has 0 bridgehead atoms. The van der Waals surface area contributed by atoms with Crippen LogP contribution in [0.15, 0.2) is 0 Å². The van der Waals surface area contributed by atoms with Crippen molar-refractivity contribution in [3.05, 3.63) is 6.92 Å². The quantitative estimate of drug-likeness (QED) is 0.420. The van der Waals surface area contributed by atoms with E-state index >= 15 is 0 Å². The van der Waals surface area contributed by atoms with Gasteiger partial charge in [0.2, 0.25) is 0 Å². The van der Waals surface area contributed by atoms with Crippen LogP contribution in [-0.2, 0) is 26.7 Å². The summed E-state index contributed by atoms with van der Waals surface area (Å²) in [7, 11) is 0. The minimum atomic E-state index is -0.0625. The number of ketones is 2. The Kier molecular flexibility index (Phi) is 20.6. The number of unbranched alkanes of at least 4 members (excludes halogenated alkanes) is 2. The minimum absolute atomic E-state index is 0. The second kappa shape index (κ2) is 14.4. The Balaban J connectivity index is -0.000000150. The van der Waals surface area contributed by atoms with Gasteiger partial charge in [-0.25, -0.2) is 0 Å². The van der Waals surface area contributed by atoms with E-state index in [-0.39, 0.29) is 35.1 Å². The number of carbonyl (C=O) groups excluding carboxylic acids is 2. The molecule has 0 aliphatic carbocycles. The van der Waals surface area contributed by atoms with Crippen molar-refractivity contribution in [1.82, 2.24) is 0 Å². The van der Waals surface area contributed by atoms with Crippen molar-refractivity contribution < 1.29 is 26.7 Å². The molecule has 0 N–H and O–H groups in total. The molecule has 0 aromatic rings. The van der Waals surface area contributed by atoms with Crippen LogP contribution in [0.4, 0.5) is 0 Å². The maximum absolute atomic E-state index is 10.0. The summed E-state index contributed by atoms with van der Waals surface area (Å²) in [6, 6.07) is 0. The number of Topliss-reactive ketones (excluding diaryl/α,β-unsaturated/α-hetero) is 2. The average molecular weight is 227 g/mol. The normalized spacial score (nSPS) is 7.69. The van der Waals surface area contributed by atoms with Crippen molar-refractivity contribution in [2.45, 2.75) is 46.5 Å². The molecule has 0 fully saturated rings. The second-order valence-corrected chi connectivity index (χ2v) is 2.79. The number of hydrogen-bond acceptors (Lipinski definition) is 2. The van der Waals surface area contributed by atoms with E-state index in [2.05, 4.69) is 13.8 Å². The fourth-order valence-electron chi connectivity index (χ4n) is 0.601. The SMILES string of the molecule is CC(=O)CC(C)=O.[CH2-]CCCC.[Fe]. The first kappa shape index (κ1) is 18.6. The van der Waals surface area contributed by atoms with E-state index in [4.69, 9.17) is 0 Å². The summed E-state index contributed by atoms with van der Waals surface area (Å²) in [5.74, 6) is -0.125. The molecule has 2 nitrogen and oxygen atoms in total. The third-order valence-electron chi connectivity index (χ3n) is 1.10. The Morgan fingerprint density at radius 1 is 1.15 bits per heavy atom. The van der Waals surface area contributed by atoms with Crippen molar-refractivity contribution in [2.75, 3.05) is 0 Å². The molecule has 3 heteroatoms. The van der Waals surface area contributed by atoms with Gasteiger partial charge >= 0.3 is 0 Å². The van der Waals surface area contributed by atoms with Crippen LogP contribution in [0, 0.1) is 6.92 Å². The smallest absolute Gasteiger partial charge is 0.137 e. The van der Waals surface area contributed by atoms with E-state index in [0.717, 1.165) is 6.42 Å². The fraction of sp³-hybridized carbons (Fsp3) is 0.700. The summed E-state index contributed by atoms with van der Waals surface area (Å²) in [5.41, 5.74) is 0. The van der Waals surface area contributed by atoms with Gasteiger partial charge in [0.1, 0.15) is 11.6 Å². The summed E-state index contributed by atoms with van der Waals surface area (Å²) < 4.78 is 0. The molecule has 0 unspecified atom stereocenters. The van der Waals surface area contributed by atoms with Crippen LogP contribution in [0.5, 0.6) is 0 Å². The van der Waals surface area contributed by atoms with Crippen LogP contribution in [-0.4, -0.2) is 11.6 Å². The van der Waals surface area contributed by atoms with Crippen LogP contribution in [0.25, 0.3) is 0 Å². The standard InChI is InChI=1S/C5H8O2.C5H11.Fe/c1-4(6)3-5(2)7;1-3-5-4-2;/h3H2,1-2H3;1,3-5H2,2H3;/q;-1;. The molecule has 0 saturated heterocycles. The largest absolute Gasteiger partial charge is 0.343 e. The summed E-state index contributed by atoms with van der Waals surface area (Å²) in [6.07, 6.45) is 3.74. The first-order valence-electron chi connectivity index (χ1n) is 4.32. The molecule has 0 radical (unpaired) electrons. The summed E-state index contributed by atoms with van der Waals surface area (Å²) in [4.78, 5) is 20.1. The second-order valence-electron chi connectivity index (χ2n) is 2.79. The van der Waals surface area contributed by atoms with Gasteiger partial charge in [0.15, 0.2) is 0 Å². The average Bonchev–Trinajstić information content (AvgIpc) is 1.87. The van der Waals surface area contributed by atoms with E-state index in [0.29, 0.717) is 0 Å². The molecular weight excluding hydrogens is 208 g/mol. The van der Waals surface area contributed by atoms with Crippen LogP contribution < -0.4 is 0 Å². The molecule has 80 valence electrons. The third-order valence-corrected chi connectivity index (χ3v) is 1.10. The number of rotatable bonds is 4. The first-order chi connectivity index (χ1) is 5.54. The van der Waals surface area contributed by atoms with Gasteiger partial charge in [0, 0.05) is 17.1 Å². The monoisotopic (exact) mass is 227 g/mol. The van der Waals surface area contributed by atoms with Crippen LogP contribution in [0.2, 0.25) is 0 Å². The molecule has 0 rings (SSSR count). The van der Waals surface area contributed by atoms with Crippen molar-refractivity contribution in [3.63, 3.8) is 0 Å². The molecular formula is C10H19FeO2-. The maximum Gasteiger partial charge on any atom is 0.137 e.